The van der Waals surface area contributed by atoms with Crippen molar-refractivity contribution in [1.82, 2.24) is 0 Å². The van der Waals surface area contributed by atoms with Gasteiger partial charge in [0.25, 0.3) is 0 Å². The Balaban J connectivity index is 2.07. The molecule has 0 saturated carbocycles. The van der Waals surface area contributed by atoms with E-state index in [0.29, 0.717) is 0 Å². The number of rotatable bonds is 4. The smallest absolute Gasteiger partial charge is 0.189 e. The largest absolute Gasteiger partial charge is 0.394 e. The maximum atomic E-state index is 9.84. The summed E-state index contributed by atoms with van der Waals surface area (Å²) in [6.07, 6.45) is -15.6. The van der Waals surface area contributed by atoms with Gasteiger partial charge >= 0.3 is 0 Å². The van der Waals surface area contributed by atoms with Crippen LogP contribution in [0.5, 0.6) is 0 Å². The lowest BCUT2D eigenvalue weighted by Crippen LogP contribution is -2.63. The highest BCUT2D eigenvalue weighted by molar-refractivity contribution is 4.92. The number of aliphatic hydroxyl groups excluding tert-OH is 8. The van der Waals surface area contributed by atoms with Gasteiger partial charge in [0.1, 0.15) is 48.8 Å². The highest BCUT2D eigenvalue weighted by Crippen LogP contribution is 2.27. The second-order valence-corrected chi connectivity index (χ2v) is 5.53. The van der Waals surface area contributed by atoms with Gasteiger partial charge in [-0.15, -0.1) is 0 Å². The molecule has 2 rings (SSSR count). The van der Waals surface area contributed by atoms with E-state index in [4.69, 9.17) is 24.4 Å². The summed E-state index contributed by atoms with van der Waals surface area (Å²) < 4.78 is 15.3. The van der Waals surface area contributed by atoms with E-state index >= 15 is 0 Å². The fraction of sp³-hybridized carbons (Fsp3) is 1.00. The van der Waals surface area contributed by atoms with E-state index in [9.17, 15) is 30.6 Å². The first-order chi connectivity index (χ1) is 10.8. The molecule has 11 nitrogen and oxygen atoms in total. The summed E-state index contributed by atoms with van der Waals surface area (Å²) in [5, 5.41) is 76.4. The van der Waals surface area contributed by atoms with Crippen LogP contribution in [0.1, 0.15) is 0 Å². The molecular formula is C12H22O11. The van der Waals surface area contributed by atoms with Gasteiger partial charge in [0.05, 0.1) is 13.2 Å². The standard InChI is InChI=1S/C12H22O11/c13-1-3-5(15)7(17)9(19)11(21-3)23-12-10(20)8(18)6(16)4(2-14)22-12/h3-20H,1-2H2/t3-,4-,5-,6+,7+,8+,9-,10-,11?,12?/m1/s1. The molecule has 2 saturated heterocycles. The summed E-state index contributed by atoms with van der Waals surface area (Å²) in [7, 11) is 0. The molecule has 11 heteroatoms. The molecule has 23 heavy (non-hydrogen) atoms. The number of hydrogen-bond acceptors (Lipinski definition) is 11. The zero-order valence-electron chi connectivity index (χ0n) is 12.0. The maximum Gasteiger partial charge on any atom is 0.189 e. The monoisotopic (exact) mass is 342 g/mol. The summed E-state index contributed by atoms with van der Waals surface area (Å²) in [6.45, 7) is -1.33. The molecule has 0 spiro atoms. The molecule has 0 radical (unpaired) electrons. The van der Waals surface area contributed by atoms with Crippen LogP contribution in [-0.4, -0.2) is 115 Å². The molecule has 0 aliphatic carbocycles. The minimum Gasteiger partial charge on any atom is -0.394 e. The Hall–Kier alpha value is -0.440. The van der Waals surface area contributed by atoms with E-state index in [1.807, 2.05) is 0 Å². The highest BCUT2D eigenvalue weighted by Gasteiger charge is 2.49. The average molecular weight is 342 g/mol. The van der Waals surface area contributed by atoms with Crippen molar-refractivity contribution in [2.75, 3.05) is 13.2 Å². The van der Waals surface area contributed by atoms with Crippen LogP contribution in [0.2, 0.25) is 0 Å². The molecule has 10 atom stereocenters. The van der Waals surface area contributed by atoms with Crippen LogP contribution in [0.15, 0.2) is 0 Å². The molecule has 0 amide bonds. The van der Waals surface area contributed by atoms with E-state index in [0.717, 1.165) is 0 Å². The second kappa shape index (κ2) is 7.63. The highest BCUT2D eigenvalue weighted by atomic mass is 16.8. The summed E-state index contributed by atoms with van der Waals surface area (Å²) in [5.41, 5.74) is 0. The van der Waals surface area contributed by atoms with Crippen molar-refractivity contribution < 1.29 is 55.1 Å². The van der Waals surface area contributed by atoms with Gasteiger partial charge in [-0.2, -0.15) is 0 Å². The first kappa shape index (κ1) is 18.9. The van der Waals surface area contributed by atoms with E-state index in [-0.39, 0.29) is 0 Å². The number of hydrogen-bond donors (Lipinski definition) is 8. The summed E-state index contributed by atoms with van der Waals surface area (Å²) in [6, 6.07) is 0. The van der Waals surface area contributed by atoms with Crippen LogP contribution in [-0.2, 0) is 14.2 Å². The molecule has 2 fully saturated rings. The van der Waals surface area contributed by atoms with E-state index in [1.54, 1.807) is 0 Å². The summed E-state index contributed by atoms with van der Waals surface area (Å²) in [4.78, 5) is 0. The topological polar surface area (TPSA) is 190 Å². The van der Waals surface area contributed by atoms with Crippen LogP contribution < -0.4 is 0 Å². The Labute approximate surface area is 130 Å². The lowest BCUT2D eigenvalue weighted by atomic mass is 9.98. The second-order valence-electron chi connectivity index (χ2n) is 5.53. The number of ether oxygens (including phenoxy) is 3. The normalized spacial score (nSPS) is 51.7. The van der Waals surface area contributed by atoms with E-state index in [1.165, 1.54) is 0 Å². The first-order valence-electron chi connectivity index (χ1n) is 7.08. The molecule has 2 aliphatic rings. The van der Waals surface area contributed by atoms with Gasteiger partial charge in [-0.3, -0.25) is 0 Å². The van der Waals surface area contributed by atoms with Gasteiger partial charge < -0.3 is 55.1 Å². The molecule has 0 aromatic rings. The van der Waals surface area contributed by atoms with Crippen LogP contribution in [0, 0.1) is 0 Å². The molecule has 0 bridgehead atoms. The van der Waals surface area contributed by atoms with Gasteiger partial charge in [0.2, 0.25) is 0 Å². The van der Waals surface area contributed by atoms with Gasteiger partial charge in [-0.25, -0.2) is 0 Å². The van der Waals surface area contributed by atoms with Crippen LogP contribution >= 0.6 is 0 Å². The van der Waals surface area contributed by atoms with Crippen LogP contribution in [0.25, 0.3) is 0 Å². The van der Waals surface area contributed by atoms with E-state index < -0.39 is 74.6 Å². The molecule has 0 aromatic heterocycles. The predicted octanol–water partition coefficient (Wildman–Crippen LogP) is -5.40. The minimum absolute atomic E-state index is 0.667. The van der Waals surface area contributed by atoms with Crippen molar-refractivity contribution in [2.24, 2.45) is 0 Å². The maximum absolute atomic E-state index is 9.84. The quantitative estimate of drug-likeness (QED) is 0.243. The van der Waals surface area contributed by atoms with Crippen molar-refractivity contribution in [1.29, 1.82) is 0 Å². The lowest BCUT2D eigenvalue weighted by molar-refractivity contribution is -0.376. The van der Waals surface area contributed by atoms with Gasteiger partial charge in [-0.1, -0.05) is 0 Å². The first-order valence-corrected chi connectivity index (χ1v) is 7.08. The Bertz CT molecular complexity index is 344. The lowest BCUT2D eigenvalue weighted by Gasteiger charge is -2.44. The average Bonchev–Trinajstić information content (AvgIpc) is 2.55. The molecule has 2 heterocycles. The SMILES string of the molecule is OC[C@H]1OC(OC2O[C@H](CO)[C@@H](O)[C@H](O)[C@H]2O)[C@H](O)[C@@H](O)[C@H]1O. The molecule has 136 valence electrons. The van der Waals surface area contributed by atoms with Gasteiger partial charge in [-0.05, 0) is 0 Å². The third kappa shape index (κ3) is 3.65. The third-order valence-corrected chi connectivity index (χ3v) is 3.97. The zero-order chi connectivity index (χ0) is 17.3. The predicted molar refractivity (Wildman–Crippen MR) is 68.6 cm³/mol. The molecule has 8 N–H and O–H groups in total. The van der Waals surface area contributed by atoms with Crippen molar-refractivity contribution in [3.8, 4) is 0 Å². The van der Waals surface area contributed by atoms with E-state index in [2.05, 4.69) is 0 Å². The minimum atomic E-state index is -1.72. The third-order valence-electron chi connectivity index (χ3n) is 3.97. The Kier molecular flexibility index (Phi) is 6.27. The van der Waals surface area contributed by atoms with Crippen molar-refractivity contribution in [3.05, 3.63) is 0 Å². The van der Waals surface area contributed by atoms with Gasteiger partial charge in [0.15, 0.2) is 12.6 Å². The fourth-order valence-corrected chi connectivity index (χ4v) is 2.49. The fourth-order valence-electron chi connectivity index (χ4n) is 2.49. The molecule has 2 unspecified atom stereocenters. The van der Waals surface area contributed by atoms with Crippen molar-refractivity contribution >= 4 is 0 Å². The molecular weight excluding hydrogens is 320 g/mol. The zero-order valence-corrected chi connectivity index (χ0v) is 12.0. The number of aliphatic hydroxyl groups is 8. The molecule has 0 aromatic carbocycles. The van der Waals surface area contributed by atoms with Crippen molar-refractivity contribution in [3.63, 3.8) is 0 Å². The van der Waals surface area contributed by atoms with Crippen molar-refractivity contribution in [2.45, 2.75) is 61.4 Å². The van der Waals surface area contributed by atoms with Crippen LogP contribution in [0.4, 0.5) is 0 Å². The summed E-state index contributed by atoms with van der Waals surface area (Å²) >= 11 is 0. The Morgan fingerprint density at radius 3 is 1.22 bits per heavy atom. The van der Waals surface area contributed by atoms with Crippen LogP contribution in [0.3, 0.4) is 0 Å². The Morgan fingerprint density at radius 2 is 0.913 bits per heavy atom. The van der Waals surface area contributed by atoms with Gasteiger partial charge in [0, 0.05) is 0 Å². The Morgan fingerprint density at radius 1 is 0.565 bits per heavy atom. The summed E-state index contributed by atoms with van der Waals surface area (Å²) in [5.74, 6) is 0. The molecule has 2 aliphatic heterocycles.